The largest absolute Gasteiger partial charge is 0.495 e. The van der Waals surface area contributed by atoms with Gasteiger partial charge in [0.1, 0.15) is 46.0 Å². The fraction of sp³-hybridized carbons (Fsp3) is 0.729. The number of pyridine rings is 3. The van der Waals surface area contributed by atoms with Crippen LogP contribution >= 0.6 is 19.7 Å². The summed E-state index contributed by atoms with van der Waals surface area (Å²) in [5.74, 6) is -9.21. The highest BCUT2D eigenvalue weighted by atomic mass is 32.2. The van der Waals surface area contributed by atoms with Crippen molar-refractivity contribution in [1.82, 2.24) is 15.0 Å². The predicted octanol–water partition coefficient (Wildman–Crippen LogP) is 25.3. The first-order valence-electron chi connectivity index (χ1n) is 41.8. The standard InChI is InChI=1S/2C16H20F4N2O3S.C12H21N2O6PS.C9H12F4O2.C9H13F3O2.2C8H10F4O.C2H6.CH3FS.4CH4/c2*1-25-13-10-21-14(22-26(2,23)24)9-11(13)3-6-15(17)7-4-12(5-8-15)16(18,19)20;1-5-19-21(15,20-6-2)9-10-7-12(14-22(4,16)17)13-8-11(10)18-3;1-15-7(14)8(10)4-2-6(3-5-8)9(11,12)13;1-14-8(13)6-2-4-7(5-3-6)9(10,11)12;2*9-7(5-13)3-1-6(2-4-7)8(10,11)12;1-2;1-3-2;;;;/h2*3,6,9-10,12H,4-5,7-8H2,1-2H3,(H,21,22);7-8H,5-6,9H2,1-4H3,(H,13,14);6H,2-5H2,1H3;6-7H,2-5H2,1H3;2*5-6H,1-4H2;1-2H3;1H3;4*1H4/b2*6-3+;;;;;;;;;;;/i;;;;;;;1D;;;;;. The Morgan fingerprint density at radius 3 is 0.928 bits per heavy atom. The van der Waals surface area contributed by atoms with Crippen LogP contribution in [0.4, 0.5) is 122 Å². The molecule has 0 atom stereocenters. The van der Waals surface area contributed by atoms with Gasteiger partial charge < -0.3 is 32.7 Å². The lowest BCUT2D eigenvalue weighted by molar-refractivity contribution is -0.193. The van der Waals surface area contributed by atoms with Gasteiger partial charge in [-0.25, -0.2) is 67.0 Å². The number of allylic oxidation sites excluding steroid dienone is 2. The second-order valence-electron chi connectivity index (χ2n) is 31.6. The maximum absolute atomic E-state index is 14.8. The maximum Gasteiger partial charge on any atom is 0.391 e. The second-order valence-corrected chi connectivity index (χ2v) is 39.2. The van der Waals surface area contributed by atoms with Gasteiger partial charge in [-0.2, -0.15) is 82.9 Å². The van der Waals surface area contributed by atoms with Crippen LogP contribution < -0.4 is 28.4 Å². The summed E-state index contributed by atoms with van der Waals surface area (Å²) in [6.07, 6.45) is -17.1. The van der Waals surface area contributed by atoms with E-state index in [0.29, 0.717) is 29.3 Å². The molecule has 9 rings (SSSR count). The number of nitrogens with one attached hydrogen (secondary N) is 3. The first kappa shape index (κ1) is 135. The first-order valence-corrected chi connectivity index (χ1v) is 49.6. The maximum atomic E-state index is 14.8. The van der Waals surface area contributed by atoms with E-state index in [1.54, 1.807) is 20.8 Å². The minimum absolute atomic E-state index is 0. The number of hydrogen-bond donors (Lipinski definition) is 3. The molecule has 3 heterocycles. The number of carbonyl (C=O) groups excluding carboxylic acids is 4. The van der Waals surface area contributed by atoms with E-state index in [0.717, 1.165) is 25.9 Å². The molecule has 6 fully saturated rings. The number of aldehydes is 2. The Kier molecular flexibility index (Phi) is 58.3. The fourth-order valence-electron chi connectivity index (χ4n) is 14.1. The van der Waals surface area contributed by atoms with Gasteiger partial charge in [-0.05, 0) is 198 Å². The molecule has 806 valence electrons. The Morgan fingerprint density at radius 1 is 0.449 bits per heavy atom. The number of esters is 2. The van der Waals surface area contributed by atoms with Gasteiger partial charge in [-0.15, -0.1) is 0 Å². The van der Waals surface area contributed by atoms with Crippen LogP contribution in [0.15, 0.2) is 48.9 Å². The number of sulfonamides is 3. The number of methoxy groups -OCH3 is 5. The van der Waals surface area contributed by atoms with Gasteiger partial charge in [-0.1, -0.05) is 55.7 Å². The van der Waals surface area contributed by atoms with E-state index in [1.165, 1.54) is 95.8 Å². The summed E-state index contributed by atoms with van der Waals surface area (Å²) in [4.78, 5) is 54.0. The number of nitrogens with zero attached hydrogens (tertiary/aromatic N) is 3. The molecule has 3 aromatic heterocycles. The van der Waals surface area contributed by atoms with E-state index < -0.39 is 157 Å². The van der Waals surface area contributed by atoms with Crippen LogP contribution in [0.25, 0.3) is 12.2 Å². The Morgan fingerprint density at radius 2 is 0.696 bits per heavy atom. The van der Waals surface area contributed by atoms with Gasteiger partial charge in [0.2, 0.25) is 35.7 Å². The van der Waals surface area contributed by atoms with Crippen LogP contribution in [0.2, 0.25) is 0 Å². The van der Waals surface area contributed by atoms with Crippen molar-refractivity contribution in [2.45, 2.75) is 283 Å². The molecule has 6 aliphatic carbocycles. The van der Waals surface area contributed by atoms with E-state index in [9.17, 15) is 154 Å². The molecule has 3 N–H and O–H groups in total. The Labute approximate surface area is 798 Å². The molecule has 0 saturated heterocycles. The number of aromatic nitrogens is 3. The van der Waals surface area contributed by atoms with E-state index >= 15 is 0 Å². The number of ether oxygens (including phenoxy) is 5. The van der Waals surface area contributed by atoms with Gasteiger partial charge in [0.05, 0.1) is 134 Å². The number of rotatable bonds is 23. The van der Waals surface area contributed by atoms with Crippen molar-refractivity contribution in [2.75, 3.05) is 88.0 Å². The van der Waals surface area contributed by atoms with E-state index in [-0.39, 0.29) is 256 Å². The summed E-state index contributed by atoms with van der Waals surface area (Å²) < 4.78 is 430. The number of halogens is 24. The van der Waals surface area contributed by atoms with E-state index in [1.807, 2.05) is 0 Å². The minimum atomic E-state index is -4.30. The zero-order valence-corrected chi connectivity index (χ0v) is 79.3. The predicted molar refractivity (Wildman–Crippen MR) is 480 cm³/mol. The lowest BCUT2D eigenvalue weighted by atomic mass is 9.79. The highest BCUT2D eigenvalue weighted by Gasteiger charge is 2.53. The monoisotopic (exact) mass is 2140 g/mol. The number of carbonyl (C=O) groups is 4. The highest BCUT2D eigenvalue weighted by molar-refractivity contribution is 7.93. The molecule has 0 unspecified atom stereocenters. The molecule has 3 aromatic rings. The van der Waals surface area contributed by atoms with Crippen LogP contribution in [0.1, 0.15) is 230 Å². The molecule has 0 amide bonds. The molecule has 24 nitrogen and oxygen atoms in total. The molecule has 0 radical (unpaired) electrons. The summed E-state index contributed by atoms with van der Waals surface area (Å²) >= 11 is 0.250. The molecule has 0 bridgehead atoms. The molecule has 53 heteroatoms. The number of alkyl halides is 23. The fourth-order valence-corrected chi connectivity index (χ4v) is 17.3. The van der Waals surface area contributed by atoms with Crippen LogP contribution in [0.3, 0.4) is 0 Å². The molecular formula is C85H131F24N6O18PS4. The van der Waals surface area contributed by atoms with Crippen LogP contribution in [0, 0.1) is 41.4 Å². The third-order valence-electron chi connectivity index (χ3n) is 21.5. The van der Waals surface area contributed by atoms with Crippen molar-refractivity contribution >= 4 is 104 Å². The summed E-state index contributed by atoms with van der Waals surface area (Å²) in [6.45, 7) is 6.19. The van der Waals surface area contributed by atoms with Gasteiger partial charge in [0.15, 0.2) is 23.9 Å². The number of anilines is 3. The minimum Gasteiger partial charge on any atom is -0.495 e. The Hall–Kier alpha value is -7.32. The van der Waals surface area contributed by atoms with Gasteiger partial charge >= 0.3 is 56.6 Å². The average molecular weight is 2140 g/mol. The average Bonchev–Trinajstić information content (AvgIpc) is 0.793. The molecule has 0 spiro atoms. The molecular weight excluding hydrogens is 2010 g/mol. The smallest absolute Gasteiger partial charge is 0.391 e. The molecule has 6 saturated carbocycles. The first-order chi connectivity index (χ1) is 61.9. The Bertz CT molecular complexity index is 4390. The van der Waals surface area contributed by atoms with Crippen molar-refractivity contribution in [3.05, 3.63) is 65.6 Å². The molecule has 138 heavy (non-hydrogen) atoms. The van der Waals surface area contributed by atoms with Gasteiger partial charge in [-0.3, -0.25) is 33.1 Å². The van der Waals surface area contributed by atoms with E-state index in [2.05, 4.69) is 38.6 Å². The van der Waals surface area contributed by atoms with Gasteiger partial charge in [0, 0.05) is 36.5 Å². The summed E-state index contributed by atoms with van der Waals surface area (Å²) in [7, 11) is -7.40. The number of hydrogen-bond acceptors (Lipinski definition) is 22. The molecule has 6 aliphatic rings. The van der Waals surface area contributed by atoms with E-state index in [4.69, 9.17) is 24.6 Å². The zero-order chi connectivity index (χ0) is 104. The third-order valence-corrected chi connectivity index (χ3v) is 25.2. The van der Waals surface area contributed by atoms with Crippen LogP contribution in [0.5, 0.6) is 17.2 Å². The second kappa shape index (κ2) is 59.7. The summed E-state index contributed by atoms with van der Waals surface area (Å²) in [5.41, 5.74) is -8.73. The van der Waals surface area contributed by atoms with Crippen LogP contribution in [-0.2, 0) is 78.5 Å². The van der Waals surface area contributed by atoms with Crippen molar-refractivity contribution in [3.63, 3.8) is 0 Å². The lowest BCUT2D eigenvalue weighted by Gasteiger charge is -2.32. The zero-order valence-electron chi connectivity index (χ0n) is 76.1. The highest BCUT2D eigenvalue weighted by Crippen LogP contribution is 2.54. The van der Waals surface area contributed by atoms with Crippen molar-refractivity contribution in [2.24, 2.45) is 41.4 Å². The molecule has 0 aromatic carbocycles. The quantitative estimate of drug-likeness (QED) is 0.0344. The SMILES string of the molecule is C.C.C.C.CCOP(=O)(Cc1cc(NS(C)(=O)=O)ncc1OC)OCC.COC(=O)C1(F)CCC(C(F)(F)F)CC1.COC(=O)C1CCC(C(F)(F)F)CC1.COc1cnc(NS(C)(=O)=O)cc1/C=C/C1(F)CCC(C(F)(F)F)CC1.COc1cnc(NS(C)(=O)=O)cc1/C=C/C1(F)CCC(C(F)(F)F)CC1.CSF.O=CC1(F)CCC(C(F)(F)F)CC1.O=CC1(F)CCC(C(F)(F)F)CC1.[2H]CC. The normalized spacial score (nSPS) is 24.7. The van der Waals surface area contributed by atoms with Gasteiger partial charge in [0.25, 0.3) is 0 Å². The Balaban J connectivity index is -0.000000766. The third kappa shape index (κ3) is 50.6. The van der Waals surface area contributed by atoms with Crippen LogP contribution in [-0.4, -0.2) is 204 Å². The topological polar surface area (TPSA) is 327 Å². The van der Waals surface area contributed by atoms with Crippen molar-refractivity contribution in [1.29, 1.82) is 0 Å². The summed E-state index contributed by atoms with van der Waals surface area (Å²) in [5, 5.41) is 0. The lowest BCUT2D eigenvalue weighted by Crippen LogP contribution is -2.41. The summed E-state index contributed by atoms with van der Waals surface area (Å²) in [6, 6.07) is 4.17. The van der Waals surface area contributed by atoms with Crippen molar-refractivity contribution in [3.8, 4) is 17.2 Å². The van der Waals surface area contributed by atoms with Crippen molar-refractivity contribution < 1.29 is 188 Å². The molecule has 0 aliphatic heterocycles.